The molecule has 0 spiro atoms. The zero-order chi connectivity index (χ0) is 12.7. The fourth-order valence-electron chi connectivity index (χ4n) is 2.28. The quantitative estimate of drug-likeness (QED) is 0.719. The zero-order valence-corrected chi connectivity index (χ0v) is 11.1. The number of carbonyl (C=O) groups excluding carboxylic acids is 2. The third-order valence-electron chi connectivity index (χ3n) is 3.85. The molecular weight excluding hydrogens is 234 g/mol. The van der Waals surface area contributed by atoms with E-state index in [-0.39, 0.29) is 15.6 Å². The van der Waals surface area contributed by atoms with Gasteiger partial charge in [0, 0.05) is 5.56 Å². The van der Waals surface area contributed by atoms with Gasteiger partial charge in [-0.05, 0) is 18.7 Å². The summed E-state index contributed by atoms with van der Waals surface area (Å²) in [6, 6.07) is 9.79. The lowest BCUT2D eigenvalue weighted by atomic mass is 9.90. The molecule has 1 fully saturated rings. The van der Waals surface area contributed by atoms with Crippen molar-refractivity contribution in [3.63, 3.8) is 0 Å². The van der Waals surface area contributed by atoms with E-state index in [1.165, 1.54) is 18.7 Å². The van der Waals surface area contributed by atoms with Gasteiger partial charge in [-0.15, -0.1) is 0 Å². The minimum absolute atomic E-state index is 0.0659. The molecule has 0 radical (unpaired) electrons. The average Bonchev–Trinajstić information content (AvgIpc) is 2.57. The summed E-state index contributed by atoms with van der Waals surface area (Å²) in [5.74, 6) is 0.540. The summed E-state index contributed by atoms with van der Waals surface area (Å²) < 4.78 is -0.151. The van der Waals surface area contributed by atoms with Crippen molar-refractivity contribution in [3.8, 4) is 0 Å². The lowest BCUT2D eigenvalue weighted by molar-refractivity contribution is -0.803. The lowest BCUT2D eigenvalue weighted by Gasteiger charge is -2.38. The maximum absolute atomic E-state index is 12.0. The van der Waals surface area contributed by atoms with Crippen LogP contribution >= 0.6 is 11.8 Å². The summed E-state index contributed by atoms with van der Waals surface area (Å²) in [5.41, 5.74) is 0.575. The molecule has 0 aromatic heterocycles. The number of hydrogen-bond acceptors (Lipinski definition) is 3. The van der Waals surface area contributed by atoms with Gasteiger partial charge in [-0.3, -0.25) is 0 Å². The van der Waals surface area contributed by atoms with Gasteiger partial charge in [-0.2, -0.15) is 4.48 Å². The van der Waals surface area contributed by atoms with E-state index >= 15 is 0 Å². The van der Waals surface area contributed by atoms with Gasteiger partial charge in [-0.1, -0.05) is 30.3 Å². The molecule has 0 bridgehead atoms. The van der Waals surface area contributed by atoms with Crippen LogP contribution in [0.15, 0.2) is 30.3 Å². The Morgan fingerprint density at radius 3 is 2.47 bits per heavy atom. The van der Waals surface area contributed by atoms with E-state index in [9.17, 15) is 9.59 Å². The number of imide groups is 1. The molecule has 90 valence electrons. The summed E-state index contributed by atoms with van der Waals surface area (Å²) in [6.07, 6.45) is 0. The van der Waals surface area contributed by atoms with Crippen LogP contribution < -0.4 is 0 Å². The van der Waals surface area contributed by atoms with Gasteiger partial charge in [0.1, 0.15) is 5.54 Å². The Kier molecular flexibility index (Phi) is 2.87. The molecule has 1 heterocycles. The lowest BCUT2D eigenvalue weighted by Crippen LogP contribution is -2.59. The third-order valence-corrected chi connectivity index (χ3v) is 5.17. The Bertz CT molecular complexity index is 474. The second kappa shape index (κ2) is 3.96. The SMILES string of the molecule is CC(=O)[N+]1(C)C(=O)SCC1(C)c1ccccc1. The Morgan fingerprint density at radius 1 is 1.35 bits per heavy atom. The maximum atomic E-state index is 12.0. The van der Waals surface area contributed by atoms with Crippen LogP contribution in [0.5, 0.6) is 0 Å². The summed E-state index contributed by atoms with van der Waals surface area (Å²) in [4.78, 5) is 23.9. The molecule has 1 aliphatic rings. The number of carbonyl (C=O) groups is 2. The van der Waals surface area contributed by atoms with Crippen LogP contribution in [-0.4, -0.2) is 28.4 Å². The van der Waals surface area contributed by atoms with E-state index in [1.807, 2.05) is 37.3 Å². The smallest absolute Gasteiger partial charge is 0.231 e. The van der Waals surface area contributed by atoms with E-state index in [4.69, 9.17) is 0 Å². The molecule has 1 aromatic carbocycles. The van der Waals surface area contributed by atoms with Gasteiger partial charge in [0.15, 0.2) is 0 Å². The summed E-state index contributed by atoms with van der Waals surface area (Å²) in [7, 11) is 1.72. The number of nitrogens with zero attached hydrogens (tertiary/aromatic N) is 1. The van der Waals surface area contributed by atoms with Crippen molar-refractivity contribution in [2.75, 3.05) is 12.8 Å². The van der Waals surface area contributed by atoms with Crippen molar-refractivity contribution in [3.05, 3.63) is 35.9 Å². The molecule has 4 heteroatoms. The first-order chi connectivity index (χ1) is 7.93. The van der Waals surface area contributed by atoms with Crippen molar-refractivity contribution >= 4 is 22.9 Å². The highest BCUT2D eigenvalue weighted by Crippen LogP contribution is 2.45. The third kappa shape index (κ3) is 1.55. The van der Waals surface area contributed by atoms with Crippen molar-refractivity contribution in [1.29, 1.82) is 0 Å². The molecule has 1 aliphatic heterocycles. The number of amides is 2. The zero-order valence-electron chi connectivity index (χ0n) is 10.3. The van der Waals surface area contributed by atoms with Gasteiger partial charge in [0.25, 0.3) is 0 Å². The monoisotopic (exact) mass is 250 g/mol. The van der Waals surface area contributed by atoms with Crippen LogP contribution in [0.4, 0.5) is 4.79 Å². The summed E-state index contributed by atoms with van der Waals surface area (Å²) in [6.45, 7) is 3.48. The fraction of sp³-hybridized carbons (Fsp3) is 0.385. The summed E-state index contributed by atoms with van der Waals surface area (Å²) >= 11 is 1.25. The molecule has 2 rings (SSSR count). The molecule has 1 aromatic rings. The topological polar surface area (TPSA) is 34.1 Å². The highest BCUT2D eigenvalue weighted by atomic mass is 32.2. The van der Waals surface area contributed by atoms with E-state index in [1.54, 1.807) is 7.05 Å². The fourth-order valence-corrected chi connectivity index (χ4v) is 3.69. The van der Waals surface area contributed by atoms with E-state index in [0.717, 1.165) is 5.56 Å². The number of benzene rings is 1. The van der Waals surface area contributed by atoms with Crippen molar-refractivity contribution in [2.45, 2.75) is 19.4 Å². The first-order valence-electron chi connectivity index (χ1n) is 5.53. The number of thioether (sulfide) groups is 1. The van der Waals surface area contributed by atoms with Gasteiger partial charge in [-0.25, -0.2) is 9.59 Å². The molecular formula is C13H16NO2S+. The van der Waals surface area contributed by atoms with E-state index in [2.05, 4.69) is 0 Å². The molecule has 17 heavy (non-hydrogen) atoms. The average molecular weight is 250 g/mol. The van der Waals surface area contributed by atoms with E-state index < -0.39 is 5.54 Å². The Hall–Kier alpha value is -1.13. The standard InChI is InChI=1S/C13H16NO2S/c1-10(15)14(3)12(16)17-9-13(14,2)11-7-5-4-6-8-11/h4-8H,9H2,1-3H3/q+1. The molecule has 2 amide bonds. The molecule has 0 aliphatic carbocycles. The second-order valence-corrected chi connectivity index (χ2v) is 5.65. The van der Waals surface area contributed by atoms with E-state index in [0.29, 0.717) is 5.75 Å². The molecule has 3 nitrogen and oxygen atoms in total. The summed E-state index contributed by atoms with van der Waals surface area (Å²) in [5, 5.41) is -0.0659. The highest BCUT2D eigenvalue weighted by Gasteiger charge is 2.60. The minimum atomic E-state index is -0.463. The Labute approximate surface area is 105 Å². The van der Waals surface area contributed by atoms with Crippen LogP contribution in [0.1, 0.15) is 19.4 Å². The van der Waals surface area contributed by atoms with Gasteiger partial charge >= 0.3 is 11.1 Å². The first kappa shape index (κ1) is 12.3. The van der Waals surface area contributed by atoms with Crippen LogP contribution in [0.2, 0.25) is 0 Å². The van der Waals surface area contributed by atoms with Crippen LogP contribution in [-0.2, 0) is 10.3 Å². The van der Waals surface area contributed by atoms with Crippen LogP contribution in [0.25, 0.3) is 0 Å². The second-order valence-electron chi connectivity index (χ2n) is 4.72. The number of hydrogen-bond donors (Lipinski definition) is 0. The molecule has 1 saturated heterocycles. The first-order valence-corrected chi connectivity index (χ1v) is 6.52. The normalized spacial score (nSPS) is 32.8. The van der Waals surface area contributed by atoms with Gasteiger partial charge < -0.3 is 0 Å². The predicted octanol–water partition coefficient (Wildman–Crippen LogP) is 2.76. The largest absolute Gasteiger partial charge is 0.383 e. The number of rotatable bonds is 1. The minimum Gasteiger partial charge on any atom is -0.231 e. The molecule has 0 N–H and O–H groups in total. The molecule has 0 saturated carbocycles. The van der Waals surface area contributed by atoms with Crippen LogP contribution in [0, 0.1) is 0 Å². The molecule has 2 unspecified atom stereocenters. The van der Waals surface area contributed by atoms with Crippen molar-refractivity contribution in [2.24, 2.45) is 0 Å². The van der Waals surface area contributed by atoms with Gasteiger partial charge in [0.05, 0.1) is 19.7 Å². The van der Waals surface area contributed by atoms with Gasteiger partial charge in [0.2, 0.25) is 0 Å². The Balaban J connectivity index is 2.58. The number of quaternary nitrogens is 1. The van der Waals surface area contributed by atoms with Crippen LogP contribution in [0.3, 0.4) is 0 Å². The predicted molar refractivity (Wildman–Crippen MR) is 68.5 cm³/mol. The maximum Gasteiger partial charge on any atom is 0.383 e. The highest BCUT2D eigenvalue weighted by molar-refractivity contribution is 8.13. The Morgan fingerprint density at radius 2 is 1.94 bits per heavy atom. The van der Waals surface area contributed by atoms with Crippen molar-refractivity contribution in [1.82, 2.24) is 0 Å². The van der Waals surface area contributed by atoms with Crippen molar-refractivity contribution < 1.29 is 14.1 Å². The molecule has 2 atom stereocenters.